The van der Waals surface area contributed by atoms with Crippen molar-refractivity contribution >= 4 is 22.8 Å². The lowest BCUT2D eigenvalue weighted by molar-refractivity contribution is -0.144. The molecule has 0 saturated carbocycles. The Kier molecular flexibility index (Phi) is 6.44. The van der Waals surface area contributed by atoms with Crippen molar-refractivity contribution in [3.63, 3.8) is 0 Å². The highest BCUT2D eigenvalue weighted by Gasteiger charge is 2.15. The predicted octanol–water partition coefficient (Wildman–Crippen LogP) is 3.66. The van der Waals surface area contributed by atoms with Gasteiger partial charge in [-0.25, -0.2) is 4.79 Å². The lowest BCUT2D eigenvalue weighted by Crippen LogP contribution is -2.26. The summed E-state index contributed by atoms with van der Waals surface area (Å²) in [7, 11) is 0. The summed E-state index contributed by atoms with van der Waals surface area (Å²) in [4.78, 5) is 36.0. The number of phenolic OH excluding ortho intramolecular Hbond substituents is 1. The van der Waals surface area contributed by atoms with Crippen molar-refractivity contribution < 1.29 is 23.8 Å². The second kappa shape index (κ2) is 9.04. The van der Waals surface area contributed by atoms with Gasteiger partial charge < -0.3 is 19.6 Å². The molecule has 0 aliphatic rings. The summed E-state index contributed by atoms with van der Waals surface area (Å²) < 4.78 is 10.3. The minimum atomic E-state index is -0.603. The summed E-state index contributed by atoms with van der Waals surface area (Å²) in [6.45, 7) is 6.31. The minimum Gasteiger partial charge on any atom is -0.508 e. The van der Waals surface area contributed by atoms with Crippen LogP contribution < -0.4 is 10.9 Å². The van der Waals surface area contributed by atoms with E-state index < -0.39 is 11.6 Å². The second-order valence-corrected chi connectivity index (χ2v) is 8.27. The standard InChI is InChI=1S/C24H25NO6/c1-24(2,3)17-6-4-15(5-7-17)23(29)25-11-10-21(27)30-14-16-12-22(28)31-20-13-18(26)8-9-19(16)20/h4-9,12-13,26H,10-11,14H2,1-3H3,(H,25,29). The van der Waals surface area contributed by atoms with Crippen LogP contribution in [0.2, 0.25) is 0 Å². The number of rotatable bonds is 6. The Morgan fingerprint density at radius 3 is 2.45 bits per heavy atom. The van der Waals surface area contributed by atoms with Crippen LogP contribution in [0.1, 0.15) is 48.7 Å². The number of hydrogen-bond acceptors (Lipinski definition) is 6. The number of carbonyl (C=O) groups excluding carboxylic acids is 2. The third kappa shape index (κ3) is 5.72. The number of phenols is 1. The van der Waals surface area contributed by atoms with Crippen molar-refractivity contribution in [3.8, 4) is 5.75 Å². The van der Waals surface area contributed by atoms with Gasteiger partial charge in [0, 0.05) is 35.2 Å². The largest absolute Gasteiger partial charge is 0.508 e. The van der Waals surface area contributed by atoms with E-state index in [1.165, 1.54) is 18.2 Å². The van der Waals surface area contributed by atoms with Crippen molar-refractivity contribution in [1.82, 2.24) is 5.32 Å². The maximum Gasteiger partial charge on any atom is 0.336 e. The monoisotopic (exact) mass is 423 g/mol. The zero-order valence-electron chi connectivity index (χ0n) is 17.7. The molecule has 7 nitrogen and oxygen atoms in total. The van der Waals surface area contributed by atoms with E-state index in [0.29, 0.717) is 16.5 Å². The van der Waals surface area contributed by atoms with E-state index in [1.54, 1.807) is 18.2 Å². The van der Waals surface area contributed by atoms with Gasteiger partial charge in [-0.1, -0.05) is 32.9 Å². The molecule has 2 aromatic carbocycles. The highest BCUT2D eigenvalue weighted by Crippen LogP contribution is 2.23. The van der Waals surface area contributed by atoms with Gasteiger partial charge in [-0.3, -0.25) is 9.59 Å². The fraction of sp³-hybridized carbons (Fsp3) is 0.292. The van der Waals surface area contributed by atoms with E-state index in [4.69, 9.17) is 9.15 Å². The summed E-state index contributed by atoms with van der Waals surface area (Å²) in [6, 6.07) is 13.0. The van der Waals surface area contributed by atoms with E-state index in [-0.39, 0.29) is 42.2 Å². The third-order valence-corrected chi connectivity index (χ3v) is 4.83. The lowest BCUT2D eigenvalue weighted by Gasteiger charge is -2.19. The number of hydrogen-bond donors (Lipinski definition) is 2. The molecular formula is C24H25NO6. The Bertz CT molecular complexity index is 1160. The molecule has 0 spiro atoms. The van der Waals surface area contributed by atoms with E-state index in [1.807, 2.05) is 12.1 Å². The smallest absolute Gasteiger partial charge is 0.336 e. The normalized spacial score (nSPS) is 11.3. The van der Waals surface area contributed by atoms with E-state index in [9.17, 15) is 19.5 Å². The van der Waals surface area contributed by atoms with Gasteiger partial charge in [0.2, 0.25) is 0 Å². The predicted molar refractivity (Wildman–Crippen MR) is 116 cm³/mol. The molecule has 31 heavy (non-hydrogen) atoms. The first-order valence-electron chi connectivity index (χ1n) is 9.93. The molecule has 0 fully saturated rings. The van der Waals surface area contributed by atoms with Crippen LogP contribution in [0, 0.1) is 0 Å². The highest BCUT2D eigenvalue weighted by molar-refractivity contribution is 5.94. The maximum atomic E-state index is 12.2. The number of amides is 1. The van der Waals surface area contributed by atoms with E-state index in [0.717, 1.165) is 5.56 Å². The van der Waals surface area contributed by atoms with Crippen LogP contribution in [-0.4, -0.2) is 23.5 Å². The Hall–Kier alpha value is -3.61. The van der Waals surface area contributed by atoms with Crippen molar-refractivity contribution in [2.24, 2.45) is 0 Å². The first kappa shape index (κ1) is 22.1. The molecule has 0 saturated heterocycles. The van der Waals surface area contributed by atoms with Gasteiger partial charge in [0.25, 0.3) is 5.91 Å². The molecule has 1 amide bonds. The summed E-state index contributed by atoms with van der Waals surface area (Å²) in [5, 5.41) is 12.8. The van der Waals surface area contributed by atoms with Gasteiger partial charge >= 0.3 is 11.6 Å². The van der Waals surface area contributed by atoms with Crippen LogP contribution in [0.25, 0.3) is 11.0 Å². The maximum absolute atomic E-state index is 12.2. The van der Waals surface area contributed by atoms with Crippen molar-refractivity contribution in [2.45, 2.75) is 39.2 Å². The number of nitrogens with one attached hydrogen (secondary N) is 1. The molecule has 0 unspecified atom stereocenters. The molecular weight excluding hydrogens is 398 g/mol. The number of benzene rings is 2. The number of fused-ring (bicyclic) bond motifs is 1. The Labute approximate surface area is 179 Å². The van der Waals surface area contributed by atoms with Crippen molar-refractivity contribution in [2.75, 3.05) is 6.54 Å². The van der Waals surface area contributed by atoms with Crippen LogP contribution in [0.15, 0.2) is 57.7 Å². The molecule has 3 rings (SSSR count). The Morgan fingerprint density at radius 2 is 1.77 bits per heavy atom. The molecule has 0 aliphatic heterocycles. The van der Waals surface area contributed by atoms with Gasteiger partial charge in [-0.05, 0) is 35.2 Å². The van der Waals surface area contributed by atoms with Crippen LogP contribution in [0.3, 0.4) is 0 Å². The zero-order valence-corrected chi connectivity index (χ0v) is 17.7. The van der Waals surface area contributed by atoms with E-state index >= 15 is 0 Å². The molecule has 0 atom stereocenters. The second-order valence-electron chi connectivity index (χ2n) is 8.27. The summed E-state index contributed by atoms with van der Waals surface area (Å²) in [5.74, 6) is -0.808. The molecule has 162 valence electrons. The van der Waals surface area contributed by atoms with Crippen LogP contribution in [-0.2, 0) is 21.6 Å². The summed E-state index contributed by atoms with van der Waals surface area (Å²) in [5.41, 5.74) is 1.74. The molecule has 7 heteroatoms. The molecule has 0 radical (unpaired) electrons. The summed E-state index contributed by atoms with van der Waals surface area (Å²) >= 11 is 0. The average Bonchev–Trinajstić information content (AvgIpc) is 2.71. The number of ether oxygens (including phenoxy) is 1. The van der Waals surface area contributed by atoms with Gasteiger partial charge in [-0.15, -0.1) is 0 Å². The number of carbonyl (C=O) groups is 2. The molecule has 1 aromatic heterocycles. The van der Waals surface area contributed by atoms with E-state index in [2.05, 4.69) is 26.1 Å². The summed E-state index contributed by atoms with van der Waals surface area (Å²) in [6.07, 6.45) is -0.00796. The quantitative estimate of drug-likeness (QED) is 0.463. The van der Waals surface area contributed by atoms with Crippen molar-refractivity contribution in [3.05, 3.63) is 75.6 Å². The topological polar surface area (TPSA) is 106 Å². The minimum absolute atomic E-state index is 0.00414. The van der Waals surface area contributed by atoms with Gasteiger partial charge in [0.15, 0.2) is 0 Å². The van der Waals surface area contributed by atoms with Gasteiger partial charge in [-0.2, -0.15) is 0 Å². The first-order chi connectivity index (χ1) is 14.6. The molecule has 3 aromatic rings. The fourth-order valence-corrected chi connectivity index (χ4v) is 3.07. The number of esters is 1. The molecule has 0 bridgehead atoms. The highest BCUT2D eigenvalue weighted by atomic mass is 16.5. The third-order valence-electron chi connectivity index (χ3n) is 4.83. The van der Waals surface area contributed by atoms with Crippen LogP contribution in [0.5, 0.6) is 5.75 Å². The zero-order chi connectivity index (χ0) is 22.6. The van der Waals surface area contributed by atoms with Gasteiger partial charge in [0.1, 0.15) is 17.9 Å². The molecule has 0 aliphatic carbocycles. The molecule has 1 heterocycles. The SMILES string of the molecule is CC(C)(C)c1ccc(C(=O)NCCC(=O)OCc2cc(=O)oc3cc(O)ccc23)cc1. The molecule has 2 N–H and O–H groups in total. The Morgan fingerprint density at radius 1 is 1.06 bits per heavy atom. The van der Waals surface area contributed by atoms with Crippen LogP contribution in [0.4, 0.5) is 0 Å². The number of aromatic hydroxyl groups is 1. The van der Waals surface area contributed by atoms with Crippen molar-refractivity contribution in [1.29, 1.82) is 0 Å². The first-order valence-corrected chi connectivity index (χ1v) is 9.93. The van der Waals surface area contributed by atoms with Gasteiger partial charge in [0.05, 0.1) is 6.42 Å². The Balaban J connectivity index is 1.51. The van der Waals surface area contributed by atoms with Crippen LogP contribution >= 0.6 is 0 Å². The average molecular weight is 423 g/mol. The lowest BCUT2D eigenvalue weighted by atomic mass is 9.87. The fourth-order valence-electron chi connectivity index (χ4n) is 3.07.